The Bertz CT molecular complexity index is 1380. The van der Waals surface area contributed by atoms with E-state index in [1.165, 1.54) is 13.2 Å². The monoisotopic (exact) mass is 528 g/mol. The van der Waals surface area contributed by atoms with Gasteiger partial charge in [-0.15, -0.1) is 0 Å². The Balaban J connectivity index is 1.93. The molecule has 0 radical (unpaired) electrons. The molecule has 2 aromatic heterocycles. The summed E-state index contributed by atoms with van der Waals surface area (Å²) >= 11 is 0. The molecule has 9 nitrogen and oxygen atoms in total. The van der Waals surface area contributed by atoms with E-state index in [9.17, 15) is 26.2 Å². The molecule has 0 saturated carbocycles. The van der Waals surface area contributed by atoms with Gasteiger partial charge in [-0.25, -0.2) is 18.4 Å². The minimum atomic E-state index is -4.74. The van der Waals surface area contributed by atoms with Crippen LogP contribution in [0.4, 0.5) is 36.4 Å². The molecule has 1 aromatic carbocycles. The summed E-state index contributed by atoms with van der Waals surface area (Å²) < 4.78 is 78.0. The highest BCUT2D eigenvalue weighted by Crippen LogP contribution is 2.36. The second-order valence-electron chi connectivity index (χ2n) is 8.05. The van der Waals surface area contributed by atoms with E-state index < -0.39 is 34.7 Å². The first-order valence-corrected chi connectivity index (χ1v) is 14.6. The Kier molecular flexibility index (Phi) is 7.42. The van der Waals surface area contributed by atoms with Crippen molar-refractivity contribution in [1.29, 1.82) is 0 Å². The first-order valence-electron chi connectivity index (χ1n) is 10.1. The van der Waals surface area contributed by atoms with Gasteiger partial charge in [0.25, 0.3) is 0 Å². The third-order valence-electron chi connectivity index (χ3n) is 4.93. The Morgan fingerprint density at radius 3 is 2.46 bits per heavy atom. The van der Waals surface area contributed by atoms with E-state index in [4.69, 9.17) is 0 Å². The van der Waals surface area contributed by atoms with E-state index >= 15 is 0 Å². The lowest BCUT2D eigenvalue weighted by molar-refractivity contribution is -0.137. The van der Waals surface area contributed by atoms with E-state index in [1.807, 2.05) is 0 Å². The molecular formula is C21H24F3N6O3PS. The number of halogens is 3. The van der Waals surface area contributed by atoms with Crippen LogP contribution in [0.1, 0.15) is 11.1 Å². The highest BCUT2D eigenvalue weighted by atomic mass is 32.2. The fraction of sp³-hybridized carbons (Fsp3) is 0.286. The van der Waals surface area contributed by atoms with Gasteiger partial charge in [0.2, 0.25) is 16.0 Å². The van der Waals surface area contributed by atoms with Gasteiger partial charge in [0.05, 0.1) is 6.26 Å². The van der Waals surface area contributed by atoms with Crippen LogP contribution in [0.3, 0.4) is 0 Å². The smallest absolute Gasteiger partial charge is 0.365 e. The van der Waals surface area contributed by atoms with Gasteiger partial charge in [-0.3, -0.25) is 4.31 Å². The lowest BCUT2D eigenvalue weighted by Gasteiger charge is -2.20. The summed E-state index contributed by atoms with van der Waals surface area (Å²) in [4.78, 5) is 11.8. The van der Waals surface area contributed by atoms with Crippen LogP contribution in [0.15, 0.2) is 48.8 Å². The maximum atomic E-state index is 13.6. The van der Waals surface area contributed by atoms with Crippen molar-refractivity contribution in [3.8, 4) is 0 Å². The number of anilines is 4. The molecule has 188 valence electrons. The third kappa shape index (κ3) is 6.70. The quantitative estimate of drug-likeness (QED) is 0.423. The standard InChI is InChI=1S/C21H24F3N6O3PS/c1-30(35(4,32)33)19-14(7-6-10-25-19)12-26-18-17(21(22,23)24)13-27-20(29-18)28-15-8-5-9-16(11-15)34(2,3)31/h5-11,13H,12H2,1-4H3,(H2,26,27,28,29). The highest BCUT2D eigenvalue weighted by molar-refractivity contribution is 7.92. The minimum Gasteiger partial charge on any atom is -0.365 e. The van der Waals surface area contributed by atoms with E-state index in [0.717, 1.165) is 10.6 Å². The second-order valence-corrected chi connectivity index (χ2v) is 13.3. The van der Waals surface area contributed by atoms with E-state index in [1.54, 1.807) is 49.7 Å². The molecule has 0 bridgehead atoms. The Morgan fingerprint density at radius 1 is 1.11 bits per heavy atom. The molecule has 0 saturated heterocycles. The van der Waals surface area contributed by atoms with Crippen LogP contribution in [0.5, 0.6) is 0 Å². The Hall–Kier alpha value is -3.18. The zero-order valence-electron chi connectivity index (χ0n) is 19.3. The molecule has 3 aromatic rings. The number of hydrogen-bond acceptors (Lipinski definition) is 8. The number of nitrogens with one attached hydrogen (secondary N) is 2. The predicted molar refractivity (Wildman–Crippen MR) is 131 cm³/mol. The van der Waals surface area contributed by atoms with Crippen LogP contribution in [0, 0.1) is 0 Å². The van der Waals surface area contributed by atoms with Gasteiger partial charge in [-0.05, 0) is 31.5 Å². The topological polar surface area (TPSA) is 117 Å². The van der Waals surface area contributed by atoms with Crippen LogP contribution in [0.25, 0.3) is 0 Å². The summed E-state index contributed by atoms with van der Waals surface area (Å²) in [7, 11) is -4.89. The van der Waals surface area contributed by atoms with Crippen LogP contribution in [-0.4, -0.2) is 50.0 Å². The molecule has 2 N–H and O–H groups in total. The fourth-order valence-electron chi connectivity index (χ4n) is 3.02. The fourth-order valence-corrected chi connectivity index (χ4v) is 4.39. The number of nitrogens with zero attached hydrogens (tertiary/aromatic N) is 4. The number of aromatic nitrogens is 3. The number of sulfonamides is 1. The average molecular weight is 528 g/mol. The van der Waals surface area contributed by atoms with Crippen molar-refractivity contribution < 1.29 is 26.2 Å². The number of benzene rings is 1. The van der Waals surface area contributed by atoms with Gasteiger partial charge >= 0.3 is 6.18 Å². The molecule has 0 aliphatic heterocycles. The molecule has 2 heterocycles. The van der Waals surface area contributed by atoms with Crippen molar-refractivity contribution in [3.63, 3.8) is 0 Å². The summed E-state index contributed by atoms with van der Waals surface area (Å²) in [6.07, 6.45) is -1.71. The maximum Gasteiger partial charge on any atom is 0.421 e. The predicted octanol–water partition coefficient (Wildman–Crippen LogP) is 3.89. The number of hydrogen-bond donors (Lipinski definition) is 2. The molecule has 14 heteroatoms. The Morgan fingerprint density at radius 2 is 1.83 bits per heavy atom. The number of rotatable bonds is 8. The van der Waals surface area contributed by atoms with E-state index in [-0.39, 0.29) is 18.3 Å². The Labute approximate surface area is 201 Å². The average Bonchev–Trinajstić information content (AvgIpc) is 2.75. The van der Waals surface area contributed by atoms with Crippen molar-refractivity contribution in [3.05, 3.63) is 59.9 Å². The first-order chi connectivity index (χ1) is 16.2. The van der Waals surface area contributed by atoms with Crippen LogP contribution in [-0.2, 0) is 27.3 Å². The summed E-state index contributed by atoms with van der Waals surface area (Å²) in [5.41, 5.74) is -0.289. The van der Waals surface area contributed by atoms with Crippen LogP contribution < -0.4 is 20.2 Å². The van der Waals surface area contributed by atoms with Crippen molar-refractivity contribution in [2.75, 3.05) is 41.6 Å². The SMILES string of the molecule is CN(c1ncccc1CNc1nc(Nc2cccc(P(C)(C)=O)c2)ncc1C(F)(F)F)S(C)(=O)=O. The molecular weight excluding hydrogens is 504 g/mol. The van der Waals surface area contributed by atoms with Crippen molar-refractivity contribution in [1.82, 2.24) is 15.0 Å². The summed E-state index contributed by atoms with van der Waals surface area (Å²) in [6.45, 7) is 3.03. The molecule has 0 unspecified atom stereocenters. The molecule has 35 heavy (non-hydrogen) atoms. The number of alkyl halides is 3. The molecule has 0 aliphatic carbocycles. The van der Waals surface area contributed by atoms with E-state index in [0.29, 0.717) is 22.8 Å². The molecule has 0 spiro atoms. The summed E-state index contributed by atoms with van der Waals surface area (Å²) in [5, 5.41) is 6.05. The van der Waals surface area contributed by atoms with Gasteiger partial charge in [0, 0.05) is 42.5 Å². The second kappa shape index (κ2) is 9.82. The maximum absolute atomic E-state index is 13.6. The first kappa shape index (κ1) is 26.4. The lowest BCUT2D eigenvalue weighted by Crippen LogP contribution is -2.27. The summed E-state index contributed by atoms with van der Waals surface area (Å²) in [5.74, 6) is -0.539. The third-order valence-corrected chi connectivity index (χ3v) is 7.62. The van der Waals surface area contributed by atoms with Gasteiger partial charge in [0.15, 0.2) is 0 Å². The van der Waals surface area contributed by atoms with Gasteiger partial charge in [-0.2, -0.15) is 18.2 Å². The van der Waals surface area contributed by atoms with Crippen molar-refractivity contribution in [2.24, 2.45) is 0 Å². The molecule has 0 amide bonds. The number of pyridine rings is 1. The highest BCUT2D eigenvalue weighted by Gasteiger charge is 2.35. The van der Waals surface area contributed by atoms with Gasteiger partial charge in [-0.1, -0.05) is 18.2 Å². The zero-order valence-corrected chi connectivity index (χ0v) is 21.0. The molecule has 3 rings (SSSR count). The largest absolute Gasteiger partial charge is 0.421 e. The normalized spacial score (nSPS) is 12.3. The van der Waals surface area contributed by atoms with Gasteiger partial charge < -0.3 is 15.2 Å². The minimum absolute atomic E-state index is 0.0730. The van der Waals surface area contributed by atoms with Crippen LogP contribution in [0.2, 0.25) is 0 Å². The molecule has 0 fully saturated rings. The van der Waals surface area contributed by atoms with Crippen LogP contribution >= 0.6 is 7.14 Å². The summed E-state index contributed by atoms with van der Waals surface area (Å²) in [6, 6.07) is 9.73. The molecule has 0 atom stereocenters. The van der Waals surface area contributed by atoms with E-state index in [2.05, 4.69) is 25.6 Å². The van der Waals surface area contributed by atoms with Gasteiger partial charge in [0.1, 0.15) is 24.3 Å². The lowest BCUT2D eigenvalue weighted by atomic mass is 10.2. The zero-order chi connectivity index (χ0) is 26.0. The molecule has 0 aliphatic rings. The van der Waals surface area contributed by atoms with Crippen molar-refractivity contribution in [2.45, 2.75) is 12.7 Å². The van der Waals surface area contributed by atoms with Crippen molar-refractivity contribution >= 4 is 45.7 Å².